The Morgan fingerprint density at radius 2 is 1.67 bits per heavy atom. The highest BCUT2D eigenvalue weighted by atomic mass is 35.5. The molecule has 0 aliphatic heterocycles. The van der Waals surface area contributed by atoms with E-state index in [9.17, 15) is 22.4 Å². The first-order valence-corrected chi connectivity index (χ1v) is 14.2. The summed E-state index contributed by atoms with van der Waals surface area (Å²) in [6.45, 7) is 5.30. The van der Waals surface area contributed by atoms with E-state index in [2.05, 4.69) is 5.32 Å². The van der Waals surface area contributed by atoms with Crippen molar-refractivity contribution in [2.24, 2.45) is 0 Å². The lowest BCUT2D eigenvalue weighted by atomic mass is 10.1. The number of amides is 2. The maximum atomic E-state index is 14.3. The highest BCUT2D eigenvalue weighted by molar-refractivity contribution is 7.92. The number of benzene rings is 2. The predicted octanol–water partition coefficient (Wildman–Crippen LogP) is 5.01. The van der Waals surface area contributed by atoms with Gasteiger partial charge in [0.25, 0.3) is 0 Å². The van der Waals surface area contributed by atoms with Crippen molar-refractivity contribution in [2.75, 3.05) is 17.1 Å². The lowest BCUT2D eigenvalue weighted by Gasteiger charge is -2.30. The Balaban J connectivity index is 2.24. The second-order valence-electron chi connectivity index (χ2n) is 8.61. The molecule has 2 aromatic carbocycles. The smallest absolute Gasteiger partial charge is 0.242 e. The maximum absolute atomic E-state index is 14.3. The van der Waals surface area contributed by atoms with E-state index in [4.69, 9.17) is 23.2 Å². The zero-order chi connectivity index (χ0) is 27.0. The lowest BCUT2D eigenvalue weighted by molar-refractivity contribution is -0.140. The molecular weight excluding hydrogens is 528 g/mol. The molecule has 0 aromatic heterocycles. The zero-order valence-corrected chi connectivity index (χ0v) is 23.1. The van der Waals surface area contributed by atoms with Gasteiger partial charge in [0.2, 0.25) is 21.8 Å². The molecule has 2 atom stereocenters. The van der Waals surface area contributed by atoms with Crippen LogP contribution in [-0.2, 0) is 26.2 Å². The SMILES string of the molecule is CC[C@@H](C)NC(=O)[C@@H](C)N(Cc1c(Cl)cccc1Cl)C(=O)CCCN(c1ccccc1F)S(C)(=O)=O. The third-order valence-corrected chi connectivity index (χ3v) is 7.72. The average molecular weight is 561 g/mol. The Morgan fingerprint density at radius 3 is 2.22 bits per heavy atom. The van der Waals surface area contributed by atoms with Gasteiger partial charge in [-0.15, -0.1) is 0 Å². The minimum Gasteiger partial charge on any atom is -0.352 e. The summed E-state index contributed by atoms with van der Waals surface area (Å²) in [7, 11) is -3.80. The number of sulfonamides is 1. The first-order chi connectivity index (χ1) is 16.9. The van der Waals surface area contributed by atoms with Crippen LogP contribution in [0.1, 0.15) is 45.6 Å². The van der Waals surface area contributed by atoms with Gasteiger partial charge < -0.3 is 10.2 Å². The van der Waals surface area contributed by atoms with E-state index >= 15 is 0 Å². The molecule has 2 aromatic rings. The van der Waals surface area contributed by atoms with Crippen molar-refractivity contribution in [2.45, 2.75) is 58.7 Å². The summed E-state index contributed by atoms with van der Waals surface area (Å²) in [4.78, 5) is 27.6. The van der Waals surface area contributed by atoms with Gasteiger partial charge in [0, 0.05) is 41.2 Å². The number of nitrogens with one attached hydrogen (secondary N) is 1. The topological polar surface area (TPSA) is 86.8 Å². The van der Waals surface area contributed by atoms with Gasteiger partial charge in [-0.3, -0.25) is 13.9 Å². The summed E-state index contributed by atoms with van der Waals surface area (Å²) in [6, 6.07) is 9.60. The number of carbonyl (C=O) groups excluding carboxylic acids is 2. The van der Waals surface area contributed by atoms with Crippen molar-refractivity contribution >= 4 is 50.7 Å². The normalized spacial score (nSPS) is 13.1. The number of anilines is 1. The second-order valence-corrected chi connectivity index (χ2v) is 11.3. The molecule has 0 saturated carbocycles. The third-order valence-electron chi connectivity index (χ3n) is 5.83. The summed E-state index contributed by atoms with van der Waals surface area (Å²) in [5.74, 6) is -1.40. The van der Waals surface area contributed by atoms with Crippen LogP contribution in [0.5, 0.6) is 0 Å². The summed E-state index contributed by atoms with van der Waals surface area (Å²) in [5.41, 5.74) is 0.412. The molecule has 0 saturated heterocycles. The summed E-state index contributed by atoms with van der Waals surface area (Å²) in [6.07, 6.45) is 1.73. The van der Waals surface area contributed by atoms with Gasteiger partial charge >= 0.3 is 0 Å². The largest absolute Gasteiger partial charge is 0.352 e. The fourth-order valence-corrected chi connectivity index (χ4v) is 5.02. The minimum atomic E-state index is -3.80. The van der Waals surface area contributed by atoms with E-state index < -0.39 is 21.9 Å². The Hall–Kier alpha value is -2.36. The van der Waals surface area contributed by atoms with Crippen molar-refractivity contribution in [1.29, 1.82) is 0 Å². The third kappa shape index (κ3) is 8.08. The van der Waals surface area contributed by atoms with Crippen molar-refractivity contribution < 1.29 is 22.4 Å². The standard InChI is InChI=1S/C25H32Cl2FN3O4S/c1-5-17(2)29-25(33)18(3)30(16-19-20(26)10-8-11-21(19)27)24(32)14-9-15-31(36(4,34)35)23-13-7-6-12-22(23)28/h6-8,10-13,17-18H,5,9,14-16H2,1-4H3,(H,29,33)/t17-,18-/m1/s1. The van der Waals surface area contributed by atoms with Gasteiger partial charge in [-0.05, 0) is 51.0 Å². The molecule has 1 N–H and O–H groups in total. The Labute approximate surface area is 222 Å². The highest BCUT2D eigenvalue weighted by Crippen LogP contribution is 2.27. The van der Waals surface area contributed by atoms with Crippen LogP contribution < -0.4 is 9.62 Å². The number of rotatable bonds is 12. The van der Waals surface area contributed by atoms with Crippen molar-refractivity contribution in [1.82, 2.24) is 10.2 Å². The van der Waals surface area contributed by atoms with Crippen LogP contribution >= 0.6 is 23.2 Å². The van der Waals surface area contributed by atoms with Crippen molar-refractivity contribution in [3.8, 4) is 0 Å². The van der Waals surface area contributed by atoms with Gasteiger partial charge in [0.15, 0.2) is 0 Å². The van der Waals surface area contributed by atoms with Crippen LogP contribution in [0, 0.1) is 5.82 Å². The molecule has 36 heavy (non-hydrogen) atoms. The number of carbonyl (C=O) groups is 2. The molecule has 0 heterocycles. The number of hydrogen-bond donors (Lipinski definition) is 1. The highest BCUT2D eigenvalue weighted by Gasteiger charge is 2.28. The molecule has 0 unspecified atom stereocenters. The Kier molecular flexibility index (Phi) is 11.0. The van der Waals surface area contributed by atoms with Crippen LogP contribution in [0.3, 0.4) is 0 Å². The molecule has 198 valence electrons. The lowest BCUT2D eigenvalue weighted by Crippen LogP contribution is -2.49. The van der Waals surface area contributed by atoms with Crippen LogP contribution in [0.15, 0.2) is 42.5 Å². The number of halogens is 3. The van der Waals surface area contributed by atoms with Crippen LogP contribution in [0.2, 0.25) is 10.0 Å². The summed E-state index contributed by atoms with van der Waals surface area (Å²) in [5, 5.41) is 3.59. The molecule has 7 nitrogen and oxygen atoms in total. The van der Waals surface area contributed by atoms with Crippen LogP contribution in [0.25, 0.3) is 0 Å². The van der Waals surface area contributed by atoms with Crippen LogP contribution in [-0.4, -0.2) is 50.0 Å². The van der Waals surface area contributed by atoms with Gasteiger partial charge in [0.05, 0.1) is 11.9 Å². The minimum absolute atomic E-state index is 0.00443. The monoisotopic (exact) mass is 559 g/mol. The fourth-order valence-electron chi connectivity index (χ4n) is 3.54. The van der Waals surface area contributed by atoms with Gasteiger partial charge in [-0.25, -0.2) is 12.8 Å². The quantitative estimate of drug-likeness (QED) is 0.396. The average Bonchev–Trinajstić information content (AvgIpc) is 2.81. The van der Waals surface area contributed by atoms with Crippen molar-refractivity contribution in [3.05, 3.63) is 63.9 Å². The van der Waals surface area contributed by atoms with Gasteiger partial charge in [-0.2, -0.15) is 0 Å². The zero-order valence-electron chi connectivity index (χ0n) is 20.8. The van der Waals surface area contributed by atoms with E-state index in [0.29, 0.717) is 15.6 Å². The molecule has 0 aliphatic carbocycles. The molecule has 0 fully saturated rings. The Morgan fingerprint density at radius 1 is 1.06 bits per heavy atom. The molecular formula is C25H32Cl2FN3O4S. The number of hydrogen-bond acceptors (Lipinski definition) is 4. The molecule has 0 radical (unpaired) electrons. The summed E-state index contributed by atoms with van der Waals surface area (Å²) < 4.78 is 39.9. The fraction of sp³-hybridized carbons (Fsp3) is 0.440. The van der Waals surface area contributed by atoms with Crippen molar-refractivity contribution in [3.63, 3.8) is 0 Å². The van der Waals surface area contributed by atoms with E-state index in [1.54, 1.807) is 25.1 Å². The Bertz CT molecular complexity index is 1160. The number of nitrogens with zero attached hydrogens (tertiary/aromatic N) is 2. The molecule has 2 amide bonds. The molecule has 0 spiro atoms. The van der Waals surface area contributed by atoms with Crippen LogP contribution in [0.4, 0.5) is 10.1 Å². The maximum Gasteiger partial charge on any atom is 0.242 e. The number of para-hydroxylation sites is 1. The molecule has 0 bridgehead atoms. The predicted molar refractivity (Wildman–Crippen MR) is 142 cm³/mol. The first-order valence-electron chi connectivity index (χ1n) is 11.6. The molecule has 11 heteroatoms. The van der Waals surface area contributed by atoms with E-state index in [0.717, 1.165) is 17.0 Å². The van der Waals surface area contributed by atoms with E-state index in [1.807, 2.05) is 13.8 Å². The first kappa shape index (κ1) is 29.9. The molecule has 0 aliphatic rings. The van der Waals surface area contributed by atoms with Gasteiger partial charge in [-0.1, -0.05) is 48.3 Å². The second kappa shape index (κ2) is 13.3. The van der Waals surface area contributed by atoms with Gasteiger partial charge in [0.1, 0.15) is 11.9 Å². The van der Waals surface area contributed by atoms with E-state index in [-0.39, 0.29) is 49.5 Å². The van der Waals surface area contributed by atoms with E-state index in [1.165, 1.54) is 29.2 Å². The molecule has 2 rings (SSSR count). The summed E-state index contributed by atoms with van der Waals surface area (Å²) >= 11 is 12.6.